The monoisotopic (exact) mass is 485 g/mol. The Kier molecular flexibility index (Phi) is 12.7. The third-order valence-electron chi connectivity index (χ3n) is 5.08. The van der Waals surface area contributed by atoms with Gasteiger partial charge in [-0.2, -0.15) is 0 Å². The van der Waals surface area contributed by atoms with Crippen molar-refractivity contribution in [2.75, 3.05) is 32.2 Å². The standard InChI is InChI=1S/C26H35N3O4S/c1-3-4-5-6-7-19-33-23-15-11-21(12-16-23)25(31)29-26(34)28-22-13-9-20(10-14-22)24(30)27-17-8-18-32-2/h9-16H,3-8,17-19H2,1-2H3,(H,27,30)(H2,28,29,31,34). The van der Waals surface area contributed by atoms with Crippen LogP contribution in [-0.4, -0.2) is 43.8 Å². The van der Waals surface area contributed by atoms with Gasteiger partial charge in [0.15, 0.2) is 5.11 Å². The van der Waals surface area contributed by atoms with Crippen LogP contribution in [0.1, 0.15) is 66.2 Å². The molecule has 2 aromatic rings. The van der Waals surface area contributed by atoms with Crippen LogP contribution in [0.5, 0.6) is 5.75 Å². The molecular weight excluding hydrogens is 450 g/mol. The Bertz CT molecular complexity index is 901. The molecule has 0 bridgehead atoms. The fourth-order valence-corrected chi connectivity index (χ4v) is 3.37. The summed E-state index contributed by atoms with van der Waals surface area (Å²) in [6, 6.07) is 13.9. The number of benzene rings is 2. The van der Waals surface area contributed by atoms with Gasteiger partial charge in [-0.25, -0.2) is 0 Å². The van der Waals surface area contributed by atoms with Crippen LogP contribution in [0.2, 0.25) is 0 Å². The lowest BCUT2D eigenvalue weighted by Gasteiger charge is -2.11. The lowest BCUT2D eigenvalue weighted by atomic mass is 10.2. The summed E-state index contributed by atoms with van der Waals surface area (Å²) in [5.74, 6) is 0.286. The van der Waals surface area contributed by atoms with Gasteiger partial charge in [0.2, 0.25) is 0 Å². The first-order valence-electron chi connectivity index (χ1n) is 11.8. The first-order valence-corrected chi connectivity index (χ1v) is 12.2. The van der Waals surface area contributed by atoms with Crippen molar-refractivity contribution < 1.29 is 19.1 Å². The molecular formula is C26H35N3O4S. The maximum Gasteiger partial charge on any atom is 0.257 e. The summed E-state index contributed by atoms with van der Waals surface area (Å²) in [5, 5.41) is 8.63. The highest BCUT2D eigenvalue weighted by atomic mass is 32.1. The number of anilines is 1. The highest BCUT2D eigenvalue weighted by Gasteiger charge is 2.09. The van der Waals surface area contributed by atoms with Gasteiger partial charge in [0.25, 0.3) is 11.8 Å². The SMILES string of the molecule is CCCCCCCOc1ccc(C(=O)NC(=S)Nc2ccc(C(=O)NCCCOC)cc2)cc1. The average Bonchev–Trinajstić information content (AvgIpc) is 2.84. The summed E-state index contributed by atoms with van der Waals surface area (Å²) in [7, 11) is 1.63. The van der Waals surface area contributed by atoms with E-state index < -0.39 is 0 Å². The number of rotatable bonds is 14. The molecule has 0 fully saturated rings. The molecule has 0 aliphatic rings. The lowest BCUT2D eigenvalue weighted by Crippen LogP contribution is -2.34. The van der Waals surface area contributed by atoms with Crippen molar-refractivity contribution in [1.82, 2.24) is 10.6 Å². The number of hydrogen-bond donors (Lipinski definition) is 3. The molecule has 34 heavy (non-hydrogen) atoms. The Morgan fingerprint density at radius 3 is 2.15 bits per heavy atom. The summed E-state index contributed by atoms with van der Waals surface area (Å²) in [5.41, 5.74) is 1.70. The van der Waals surface area contributed by atoms with Gasteiger partial charge in [0, 0.05) is 37.1 Å². The number of ether oxygens (including phenoxy) is 2. The Hall–Kier alpha value is -2.97. The summed E-state index contributed by atoms with van der Waals surface area (Å²) >= 11 is 5.25. The molecule has 0 unspecified atom stereocenters. The zero-order valence-corrected chi connectivity index (χ0v) is 20.8. The molecule has 0 atom stereocenters. The van der Waals surface area contributed by atoms with Crippen LogP contribution in [-0.2, 0) is 4.74 Å². The molecule has 0 aliphatic heterocycles. The van der Waals surface area contributed by atoms with E-state index in [0.29, 0.717) is 36.6 Å². The van der Waals surface area contributed by atoms with Gasteiger partial charge in [-0.05, 0) is 73.6 Å². The van der Waals surface area contributed by atoms with Gasteiger partial charge in [-0.15, -0.1) is 0 Å². The molecule has 0 spiro atoms. The van der Waals surface area contributed by atoms with Crippen LogP contribution >= 0.6 is 12.2 Å². The second-order valence-electron chi connectivity index (χ2n) is 7.87. The van der Waals surface area contributed by atoms with Crippen molar-refractivity contribution in [2.45, 2.75) is 45.4 Å². The van der Waals surface area contributed by atoms with Crippen molar-refractivity contribution in [3.8, 4) is 5.75 Å². The third-order valence-corrected chi connectivity index (χ3v) is 5.28. The molecule has 0 aromatic heterocycles. The smallest absolute Gasteiger partial charge is 0.257 e. The van der Waals surface area contributed by atoms with Gasteiger partial charge in [-0.1, -0.05) is 32.6 Å². The minimum atomic E-state index is -0.310. The number of unbranched alkanes of at least 4 members (excludes halogenated alkanes) is 4. The molecule has 2 amide bonds. The van der Waals surface area contributed by atoms with Gasteiger partial charge >= 0.3 is 0 Å². The van der Waals surface area contributed by atoms with Crippen LogP contribution in [0.4, 0.5) is 5.69 Å². The zero-order chi connectivity index (χ0) is 24.6. The van der Waals surface area contributed by atoms with Crippen LogP contribution in [0, 0.1) is 0 Å². The number of carbonyl (C=O) groups excluding carboxylic acids is 2. The van der Waals surface area contributed by atoms with Crippen LogP contribution in [0.3, 0.4) is 0 Å². The predicted molar refractivity (Wildman–Crippen MR) is 140 cm³/mol. The summed E-state index contributed by atoms with van der Waals surface area (Å²) < 4.78 is 10.7. The Morgan fingerprint density at radius 1 is 0.824 bits per heavy atom. The Balaban J connectivity index is 1.74. The van der Waals surface area contributed by atoms with E-state index in [4.69, 9.17) is 21.7 Å². The topological polar surface area (TPSA) is 88.7 Å². The van der Waals surface area contributed by atoms with E-state index >= 15 is 0 Å². The highest BCUT2D eigenvalue weighted by Crippen LogP contribution is 2.14. The van der Waals surface area contributed by atoms with Gasteiger partial charge < -0.3 is 20.1 Å². The maximum atomic E-state index is 12.5. The first kappa shape index (κ1) is 27.3. The number of amides is 2. The maximum absolute atomic E-state index is 12.5. The minimum Gasteiger partial charge on any atom is -0.494 e. The van der Waals surface area contributed by atoms with E-state index in [1.165, 1.54) is 25.7 Å². The first-order chi connectivity index (χ1) is 16.5. The molecule has 184 valence electrons. The van der Waals surface area contributed by atoms with E-state index in [-0.39, 0.29) is 16.9 Å². The van der Waals surface area contributed by atoms with Crippen molar-refractivity contribution >= 4 is 34.8 Å². The molecule has 0 radical (unpaired) electrons. The molecule has 2 rings (SSSR count). The van der Waals surface area contributed by atoms with Crippen molar-refractivity contribution in [2.24, 2.45) is 0 Å². The summed E-state index contributed by atoms with van der Waals surface area (Å²) in [6.07, 6.45) is 6.68. The van der Waals surface area contributed by atoms with Crippen molar-refractivity contribution in [3.05, 3.63) is 59.7 Å². The molecule has 8 heteroatoms. The summed E-state index contributed by atoms with van der Waals surface area (Å²) in [6.45, 7) is 4.03. The normalized spacial score (nSPS) is 10.4. The molecule has 2 aromatic carbocycles. The number of carbonyl (C=O) groups is 2. The average molecular weight is 486 g/mol. The van der Waals surface area contributed by atoms with Crippen LogP contribution in [0.15, 0.2) is 48.5 Å². The number of hydrogen-bond acceptors (Lipinski definition) is 5. The van der Waals surface area contributed by atoms with E-state index in [1.54, 1.807) is 55.6 Å². The van der Waals surface area contributed by atoms with Gasteiger partial charge in [0.05, 0.1) is 6.61 Å². The molecule has 0 saturated carbocycles. The van der Waals surface area contributed by atoms with Gasteiger partial charge in [-0.3, -0.25) is 14.9 Å². The second-order valence-corrected chi connectivity index (χ2v) is 8.28. The predicted octanol–water partition coefficient (Wildman–Crippen LogP) is 4.93. The van der Waals surface area contributed by atoms with E-state index in [9.17, 15) is 9.59 Å². The zero-order valence-electron chi connectivity index (χ0n) is 20.0. The summed E-state index contributed by atoms with van der Waals surface area (Å²) in [4.78, 5) is 24.6. The molecule has 3 N–H and O–H groups in total. The number of methoxy groups -OCH3 is 1. The minimum absolute atomic E-state index is 0.151. The van der Waals surface area contributed by atoms with E-state index in [2.05, 4.69) is 22.9 Å². The highest BCUT2D eigenvalue weighted by molar-refractivity contribution is 7.80. The second kappa shape index (κ2) is 15.8. The molecule has 7 nitrogen and oxygen atoms in total. The molecule has 0 saturated heterocycles. The molecule has 0 heterocycles. The Labute approximate surface area is 207 Å². The van der Waals surface area contributed by atoms with Crippen molar-refractivity contribution in [1.29, 1.82) is 0 Å². The van der Waals surface area contributed by atoms with Crippen molar-refractivity contribution in [3.63, 3.8) is 0 Å². The largest absolute Gasteiger partial charge is 0.494 e. The lowest BCUT2D eigenvalue weighted by molar-refractivity contribution is 0.0946. The van der Waals surface area contributed by atoms with Crippen LogP contribution < -0.4 is 20.7 Å². The number of thiocarbonyl (C=S) groups is 1. The fraction of sp³-hybridized carbons (Fsp3) is 0.423. The number of nitrogens with one attached hydrogen (secondary N) is 3. The third kappa shape index (κ3) is 10.3. The molecule has 0 aliphatic carbocycles. The fourth-order valence-electron chi connectivity index (χ4n) is 3.16. The van der Waals surface area contributed by atoms with Gasteiger partial charge in [0.1, 0.15) is 5.75 Å². The Morgan fingerprint density at radius 2 is 1.47 bits per heavy atom. The van der Waals surface area contributed by atoms with Crippen LogP contribution in [0.25, 0.3) is 0 Å². The quantitative estimate of drug-likeness (QED) is 0.260. The van der Waals surface area contributed by atoms with E-state index in [0.717, 1.165) is 18.6 Å². The van der Waals surface area contributed by atoms with E-state index in [1.807, 2.05) is 0 Å².